The monoisotopic (exact) mass is 374 g/mol. The van der Waals surface area contributed by atoms with Crippen LogP contribution in [0.15, 0.2) is 48.7 Å². The number of carbonyl (C=O) groups excluding carboxylic acids is 1. The summed E-state index contributed by atoms with van der Waals surface area (Å²) in [5.41, 5.74) is 5.67. The summed E-state index contributed by atoms with van der Waals surface area (Å²) in [6.45, 7) is 5.03. The van der Waals surface area contributed by atoms with Crippen LogP contribution in [0, 0.1) is 13.8 Å². The van der Waals surface area contributed by atoms with E-state index in [9.17, 15) is 4.79 Å². The zero-order valence-electron chi connectivity index (χ0n) is 16.2. The first kappa shape index (κ1) is 17.9. The Bertz CT molecular complexity index is 1140. The number of carbonyl (C=O) groups is 1. The standard InChI is InChI=1S/C21H22N6O/c1-14-7-4-5-9-16(14)11-27-12-18(24-25-27)21(28)26(3)13-19-22-17-10-6-8-15(2)20(17)23-19/h4-10,12H,11,13H2,1-3H3,(H,22,23). The van der Waals surface area contributed by atoms with Crippen LogP contribution in [0.2, 0.25) is 0 Å². The zero-order valence-corrected chi connectivity index (χ0v) is 16.2. The van der Waals surface area contributed by atoms with Crippen molar-refractivity contribution in [3.63, 3.8) is 0 Å². The van der Waals surface area contributed by atoms with Gasteiger partial charge in [-0.1, -0.05) is 41.6 Å². The van der Waals surface area contributed by atoms with Gasteiger partial charge in [0.05, 0.1) is 30.3 Å². The van der Waals surface area contributed by atoms with Crippen LogP contribution < -0.4 is 0 Å². The number of aromatic nitrogens is 5. The van der Waals surface area contributed by atoms with Crippen molar-refractivity contribution in [3.05, 3.63) is 76.9 Å². The first-order valence-electron chi connectivity index (χ1n) is 9.15. The van der Waals surface area contributed by atoms with Crippen molar-refractivity contribution >= 4 is 16.9 Å². The highest BCUT2D eigenvalue weighted by Gasteiger charge is 2.18. The van der Waals surface area contributed by atoms with Crippen LogP contribution in [0.4, 0.5) is 0 Å². The lowest BCUT2D eigenvalue weighted by Crippen LogP contribution is -2.27. The van der Waals surface area contributed by atoms with Crippen LogP contribution in [0.5, 0.6) is 0 Å². The average Bonchev–Trinajstić information content (AvgIpc) is 3.30. The number of nitrogens with zero attached hydrogens (tertiary/aromatic N) is 5. The number of para-hydroxylation sites is 1. The first-order chi connectivity index (χ1) is 13.5. The van der Waals surface area contributed by atoms with Crippen LogP contribution in [-0.2, 0) is 13.1 Å². The van der Waals surface area contributed by atoms with Crippen molar-refractivity contribution < 1.29 is 4.79 Å². The van der Waals surface area contributed by atoms with Crippen molar-refractivity contribution in [3.8, 4) is 0 Å². The van der Waals surface area contributed by atoms with Gasteiger partial charge < -0.3 is 9.88 Å². The quantitative estimate of drug-likeness (QED) is 0.582. The molecule has 0 aliphatic rings. The van der Waals surface area contributed by atoms with Crippen molar-refractivity contribution in [2.24, 2.45) is 0 Å². The van der Waals surface area contributed by atoms with E-state index in [1.54, 1.807) is 22.8 Å². The van der Waals surface area contributed by atoms with Gasteiger partial charge in [-0.15, -0.1) is 5.10 Å². The highest BCUT2D eigenvalue weighted by molar-refractivity contribution is 5.91. The molecule has 4 aromatic rings. The van der Waals surface area contributed by atoms with Gasteiger partial charge in [0, 0.05) is 7.05 Å². The molecule has 0 bridgehead atoms. The lowest BCUT2D eigenvalue weighted by Gasteiger charge is -2.13. The molecule has 2 heterocycles. The van der Waals surface area contributed by atoms with Gasteiger partial charge in [-0.05, 0) is 36.6 Å². The number of rotatable bonds is 5. The molecule has 0 aliphatic carbocycles. The average molecular weight is 374 g/mol. The minimum Gasteiger partial charge on any atom is -0.340 e. The summed E-state index contributed by atoms with van der Waals surface area (Å²) in [4.78, 5) is 22.2. The smallest absolute Gasteiger partial charge is 0.276 e. The van der Waals surface area contributed by atoms with Crippen LogP contribution in [0.1, 0.15) is 33.0 Å². The molecule has 0 spiro atoms. The van der Waals surface area contributed by atoms with Gasteiger partial charge in [0.15, 0.2) is 5.69 Å². The Morgan fingerprint density at radius 2 is 1.89 bits per heavy atom. The molecule has 1 amide bonds. The second-order valence-corrected chi connectivity index (χ2v) is 7.04. The maximum atomic E-state index is 12.7. The van der Waals surface area contributed by atoms with Gasteiger partial charge in [0.25, 0.3) is 5.91 Å². The molecular formula is C21H22N6O. The van der Waals surface area contributed by atoms with Gasteiger partial charge in [-0.25, -0.2) is 9.67 Å². The summed E-state index contributed by atoms with van der Waals surface area (Å²) in [6.07, 6.45) is 1.69. The zero-order chi connectivity index (χ0) is 19.7. The number of imidazole rings is 1. The first-order valence-corrected chi connectivity index (χ1v) is 9.15. The molecule has 142 valence electrons. The molecule has 1 N–H and O–H groups in total. The number of benzene rings is 2. The van der Waals surface area contributed by atoms with E-state index in [-0.39, 0.29) is 5.91 Å². The predicted octanol–water partition coefficient (Wildman–Crippen LogP) is 3.09. The topological polar surface area (TPSA) is 79.7 Å². The molecule has 2 aromatic carbocycles. The fraction of sp³-hybridized carbons (Fsp3) is 0.238. The van der Waals surface area contributed by atoms with E-state index in [1.807, 2.05) is 43.3 Å². The molecule has 7 nitrogen and oxygen atoms in total. The minimum atomic E-state index is -0.187. The third-order valence-electron chi connectivity index (χ3n) is 4.85. The number of hydrogen-bond donors (Lipinski definition) is 1. The van der Waals surface area contributed by atoms with Gasteiger partial charge in [0.1, 0.15) is 5.82 Å². The lowest BCUT2D eigenvalue weighted by atomic mass is 10.1. The van der Waals surface area contributed by atoms with E-state index < -0.39 is 0 Å². The number of nitrogens with one attached hydrogen (secondary N) is 1. The summed E-state index contributed by atoms with van der Waals surface area (Å²) >= 11 is 0. The summed E-state index contributed by atoms with van der Waals surface area (Å²) in [5.74, 6) is 0.556. The number of aryl methyl sites for hydroxylation is 2. The molecule has 0 radical (unpaired) electrons. The second-order valence-electron chi connectivity index (χ2n) is 7.04. The van der Waals surface area contributed by atoms with Crippen molar-refractivity contribution in [1.82, 2.24) is 29.9 Å². The van der Waals surface area contributed by atoms with Crippen LogP contribution in [0.3, 0.4) is 0 Å². The molecule has 0 saturated carbocycles. The Morgan fingerprint density at radius 3 is 2.68 bits per heavy atom. The Labute approximate surface area is 163 Å². The number of H-pyrrole nitrogens is 1. The maximum Gasteiger partial charge on any atom is 0.276 e. The molecule has 0 atom stereocenters. The van der Waals surface area contributed by atoms with Crippen molar-refractivity contribution in [1.29, 1.82) is 0 Å². The predicted molar refractivity (Wildman–Crippen MR) is 107 cm³/mol. The summed E-state index contributed by atoms with van der Waals surface area (Å²) in [5, 5.41) is 8.16. The fourth-order valence-corrected chi connectivity index (χ4v) is 3.23. The number of amides is 1. The van der Waals surface area contributed by atoms with E-state index in [0.29, 0.717) is 18.8 Å². The van der Waals surface area contributed by atoms with Gasteiger partial charge in [-0.2, -0.15) is 0 Å². The van der Waals surface area contributed by atoms with Crippen LogP contribution in [0.25, 0.3) is 11.0 Å². The molecule has 7 heteroatoms. The highest BCUT2D eigenvalue weighted by atomic mass is 16.2. The van der Waals surface area contributed by atoms with Crippen LogP contribution >= 0.6 is 0 Å². The van der Waals surface area contributed by atoms with E-state index in [2.05, 4.69) is 33.3 Å². The summed E-state index contributed by atoms with van der Waals surface area (Å²) < 4.78 is 1.69. The summed E-state index contributed by atoms with van der Waals surface area (Å²) in [7, 11) is 1.74. The Hall–Kier alpha value is -3.48. The Morgan fingerprint density at radius 1 is 1.11 bits per heavy atom. The second kappa shape index (κ2) is 7.26. The molecule has 0 aliphatic heterocycles. The fourth-order valence-electron chi connectivity index (χ4n) is 3.23. The minimum absolute atomic E-state index is 0.187. The molecule has 4 rings (SSSR count). The van der Waals surface area contributed by atoms with E-state index in [4.69, 9.17) is 0 Å². The Kier molecular flexibility index (Phi) is 4.65. The molecule has 0 unspecified atom stereocenters. The lowest BCUT2D eigenvalue weighted by molar-refractivity contribution is 0.0776. The molecule has 0 saturated heterocycles. The van der Waals surface area contributed by atoms with Crippen molar-refractivity contribution in [2.45, 2.75) is 26.9 Å². The number of aromatic amines is 1. The SMILES string of the molecule is Cc1ccccc1Cn1cc(C(=O)N(C)Cc2nc3c(C)cccc3[nH]2)nn1. The van der Waals surface area contributed by atoms with Gasteiger partial charge in [0.2, 0.25) is 0 Å². The van der Waals surface area contributed by atoms with E-state index >= 15 is 0 Å². The van der Waals surface area contributed by atoms with E-state index in [1.165, 1.54) is 5.56 Å². The van der Waals surface area contributed by atoms with Gasteiger partial charge >= 0.3 is 0 Å². The number of hydrogen-bond acceptors (Lipinski definition) is 4. The molecule has 2 aromatic heterocycles. The van der Waals surface area contributed by atoms with E-state index in [0.717, 1.165) is 28.0 Å². The Balaban J connectivity index is 1.47. The maximum absolute atomic E-state index is 12.7. The summed E-state index contributed by atoms with van der Waals surface area (Å²) in [6, 6.07) is 14.1. The molecule has 0 fully saturated rings. The molecular weight excluding hydrogens is 352 g/mol. The largest absolute Gasteiger partial charge is 0.340 e. The van der Waals surface area contributed by atoms with Crippen LogP contribution in [-0.4, -0.2) is 42.8 Å². The third kappa shape index (κ3) is 3.51. The van der Waals surface area contributed by atoms with Gasteiger partial charge in [-0.3, -0.25) is 4.79 Å². The molecule has 28 heavy (non-hydrogen) atoms. The normalized spacial score (nSPS) is 11.1. The number of fused-ring (bicyclic) bond motifs is 1. The third-order valence-corrected chi connectivity index (χ3v) is 4.85. The highest BCUT2D eigenvalue weighted by Crippen LogP contribution is 2.16. The van der Waals surface area contributed by atoms with Crippen molar-refractivity contribution in [2.75, 3.05) is 7.05 Å².